The lowest BCUT2D eigenvalue weighted by Crippen LogP contribution is -2.12. The summed E-state index contributed by atoms with van der Waals surface area (Å²) < 4.78 is 5.73. The monoisotopic (exact) mass is 222 g/mol. The zero-order chi connectivity index (χ0) is 12.1. The molecule has 0 saturated carbocycles. The number of pyridine rings is 1. The summed E-state index contributed by atoms with van der Waals surface area (Å²) in [5.41, 5.74) is 7.79. The van der Waals surface area contributed by atoms with Crippen LogP contribution in [-0.4, -0.2) is 11.1 Å². The molecule has 0 aromatic carbocycles. The van der Waals surface area contributed by atoms with Crippen molar-refractivity contribution >= 4 is 0 Å². The molecule has 1 aromatic heterocycles. The summed E-state index contributed by atoms with van der Waals surface area (Å²) in [7, 11) is 0. The molecule has 0 spiro atoms. The van der Waals surface area contributed by atoms with Gasteiger partial charge in [-0.25, -0.2) is 4.98 Å². The van der Waals surface area contributed by atoms with Gasteiger partial charge in [-0.15, -0.1) is 0 Å². The second kappa shape index (κ2) is 5.85. The van der Waals surface area contributed by atoms with Crippen molar-refractivity contribution in [3.8, 4) is 5.88 Å². The van der Waals surface area contributed by atoms with Gasteiger partial charge in [-0.2, -0.15) is 0 Å². The minimum atomic E-state index is 0.195. The average Bonchev–Trinajstić information content (AvgIpc) is 2.28. The van der Waals surface area contributed by atoms with E-state index in [1.165, 1.54) is 0 Å². The Morgan fingerprint density at radius 3 is 2.50 bits per heavy atom. The fourth-order valence-electron chi connectivity index (χ4n) is 1.35. The Morgan fingerprint density at radius 2 is 2.00 bits per heavy atom. The number of aromatic nitrogens is 1. The van der Waals surface area contributed by atoms with Crippen molar-refractivity contribution in [2.45, 2.75) is 52.7 Å². The molecule has 16 heavy (non-hydrogen) atoms. The topological polar surface area (TPSA) is 48.1 Å². The van der Waals surface area contributed by atoms with E-state index in [-0.39, 0.29) is 6.10 Å². The van der Waals surface area contributed by atoms with Crippen LogP contribution in [0.25, 0.3) is 0 Å². The number of ether oxygens (including phenoxy) is 1. The predicted molar refractivity (Wildman–Crippen MR) is 66.6 cm³/mol. The first-order chi connectivity index (χ1) is 7.56. The molecule has 0 aliphatic carbocycles. The van der Waals surface area contributed by atoms with E-state index in [1.54, 1.807) is 0 Å². The quantitative estimate of drug-likeness (QED) is 0.833. The smallest absolute Gasteiger partial charge is 0.214 e. The second-order valence-corrected chi connectivity index (χ2v) is 4.43. The lowest BCUT2D eigenvalue weighted by atomic mass is 10.1. The first-order valence-corrected chi connectivity index (χ1v) is 5.94. The number of rotatable bonds is 5. The summed E-state index contributed by atoms with van der Waals surface area (Å²) in [5.74, 6) is 1.09. The van der Waals surface area contributed by atoms with Gasteiger partial charge >= 0.3 is 0 Å². The highest BCUT2D eigenvalue weighted by atomic mass is 16.5. The molecular formula is C13H22N2O. The molecule has 2 N–H and O–H groups in total. The minimum Gasteiger partial charge on any atom is -0.475 e. The van der Waals surface area contributed by atoms with Gasteiger partial charge < -0.3 is 10.5 Å². The van der Waals surface area contributed by atoms with E-state index in [4.69, 9.17) is 10.5 Å². The zero-order valence-electron chi connectivity index (χ0n) is 10.7. The Hall–Kier alpha value is -1.09. The molecule has 0 saturated heterocycles. The summed E-state index contributed by atoms with van der Waals surface area (Å²) >= 11 is 0. The molecule has 1 rings (SSSR count). The van der Waals surface area contributed by atoms with Crippen LogP contribution in [0.15, 0.2) is 12.1 Å². The summed E-state index contributed by atoms with van der Waals surface area (Å²) in [5, 5.41) is 0. The fraction of sp³-hybridized carbons (Fsp3) is 0.615. The van der Waals surface area contributed by atoms with Crippen LogP contribution in [0.2, 0.25) is 0 Å². The minimum absolute atomic E-state index is 0.195. The Labute approximate surface area is 98.0 Å². The van der Waals surface area contributed by atoms with E-state index < -0.39 is 0 Å². The highest BCUT2D eigenvalue weighted by molar-refractivity contribution is 5.26. The highest BCUT2D eigenvalue weighted by Gasteiger charge is 2.08. The van der Waals surface area contributed by atoms with Gasteiger partial charge in [0.1, 0.15) is 0 Å². The van der Waals surface area contributed by atoms with E-state index in [9.17, 15) is 0 Å². The molecule has 3 heteroatoms. The van der Waals surface area contributed by atoms with Crippen LogP contribution in [0.5, 0.6) is 5.88 Å². The molecule has 0 radical (unpaired) electrons. The van der Waals surface area contributed by atoms with Crippen LogP contribution < -0.4 is 10.5 Å². The van der Waals surface area contributed by atoms with Crippen LogP contribution in [0.4, 0.5) is 0 Å². The Kier molecular flexibility index (Phi) is 4.74. The maximum absolute atomic E-state index is 5.73. The summed E-state index contributed by atoms with van der Waals surface area (Å²) in [6.07, 6.45) is 1.17. The molecule has 1 aromatic rings. The van der Waals surface area contributed by atoms with E-state index in [2.05, 4.69) is 25.8 Å². The molecule has 1 atom stereocenters. The van der Waals surface area contributed by atoms with Crippen molar-refractivity contribution in [2.75, 3.05) is 0 Å². The van der Waals surface area contributed by atoms with Gasteiger partial charge in [0.25, 0.3) is 0 Å². The normalized spacial score (nSPS) is 12.9. The molecule has 0 aliphatic rings. The van der Waals surface area contributed by atoms with Gasteiger partial charge in [-0.05, 0) is 30.9 Å². The third-order valence-corrected chi connectivity index (χ3v) is 2.61. The Balaban J connectivity index is 2.95. The number of nitrogens with zero attached hydrogens (tertiary/aromatic N) is 1. The summed E-state index contributed by atoms with van der Waals surface area (Å²) in [4.78, 5) is 4.49. The Bertz CT molecular complexity index is 337. The maximum Gasteiger partial charge on any atom is 0.214 e. The van der Waals surface area contributed by atoms with Crippen molar-refractivity contribution in [3.05, 3.63) is 23.4 Å². The third kappa shape index (κ3) is 3.49. The molecule has 0 bridgehead atoms. The molecule has 3 nitrogen and oxygen atoms in total. The second-order valence-electron chi connectivity index (χ2n) is 4.43. The van der Waals surface area contributed by atoms with E-state index in [0.29, 0.717) is 18.3 Å². The maximum atomic E-state index is 5.73. The molecule has 0 amide bonds. The van der Waals surface area contributed by atoms with E-state index in [0.717, 1.165) is 17.7 Å². The Morgan fingerprint density at radius 1 is 1.31 bits per heavy atom. The van der Waals surface area contributed by atoms with Gasteiger partial charge in [0, 0.05) is 18.3 Å². The van der Waals surface area contributed by atoms with Gasteiger partial charge in [0.2, 0.25) is 5.88 Å². The van der Waals surface area contributed by atoms with Crippen molar-refractivity contribution in [2.24, 2.45) is 5.73 Å². The first-order valence-electron chi connectivity index (χ1n) is 5.94. The lowest BCUT2D eigenvalue weighted by Gasteiger charge is -2.15. The molecule has 0 fully saturated rings. The third-order valence-electron chi connectivity index (χ3n) is 2.61. The molecule has 1 unspecified atom stereocenters. The number of hydrogen-bond acceptors (Lipinski definition) is 3. The van der Waals surface area contributed by atoms with Crippen molar-refractivity contribution in [3.63, 3.8) is 0 Å². The molecule has 0 aliphatic heterocycles. The van der Waals surface area contributed by atoms with Gasteiger partial charge in [0.05, 0.1) is 6.10 Å². The van der Waals surface area contributed by atoms with E-state index in [1.807, 2.05) is 19.1 Å². The van der Waals surface area contributed by atoms with Crippen molar-refractivity contribution < 1.29 is 4.74 Å². The fourth-order valence-corrected chi connectivity index (χ4v) is 1.35. The largest absolute Gasteiger partial charge is 0.475 e. The van der Waals surface area contributed by atoms with Gasteiger partial charge in [-0.1, -0.05) is 20.8 Å². The predicted octanol–water partition coefficient (Wildman–Crippen LogP) is 2.84. The molecular weight excluding hydrogens is 200 g/mol. The number of nitrogens with two attached hydrogens (primary N) is 1. The van der Waals surface area contributed by atoms with Gasteiger partial charge in [0.15, 0.2) is 0 Å². The van der Waals surface area contributed by atoms with Gasteiger partial charge in [-0.3, -0.25) is 0 Å². The van der Waals surface area contributed by atoms with Crippen molar-refractivity contribution in [1.29, 1.82) is 0 Å². The van der Waals surface area contributed by atoms with Crippen LogP contribution >= 0.6 is 0 Å². The van der Waals surface area contributed by atoms with Crippen LogP contribution in [0.3, 0.4) is 0 Å². The van der Waals surface area contributed by atoms with Crippen LogP contribution in [0, 0.1) is 0 Å². The van der Waals surface area contributed by atoms with Crippen LogP contribution in [0.1, 0.15) is 51.3 Å². The van der Waals surface area contributed by atoms with E-state index >= 15 is 0 Å². The summed E-state index contributed by atoms with van der Waals surface area (Å²) in [6.45, 7) is 8.91. The first kappa shape index (κ1) is 13.0. The molecule has 1 heterocycles. The average molecular weight is 222 g/mol. The van der Waals surface area contributed by atoms with Crippen LogP contribution in [-0.2, 0) is 6.54 Å². The lowest BCUT2D eigenvalue weighted by molar-refractivity contribution is 0.207. The number of hydrogen-bond donors (Lipinski definition) is 1. The standard InChI is InChI=1S/C13H22N2O/c1-5-10(4)16-13-7-11(8-14)6-12(15-13)9(2)3/h6-7,9-10H,5,8,14H2,1-4H3. The molecule has 90 valence electrons. The zero-order valence-corrected chi connectivity index (χ0v) is 10.7. The summed E-state index contributed by atoms with van der Waals surface area (Å²) in [6, 6.07) is 3.98. The highest BCUT2D eigenvalue weighted by Crippen LogP contribution is 2.19. The SMILES string of the molecule is CCC(C)Oc1cc(CN)cc(C(C)C)n1. The van der Waals surface area contributed by atoms with Crippen molar-refractivity contribution in [1.82, 2.24) is 4.98 Å².